The Bertz CT molecular complexity index is 862. The van der Waals surface area contributed by atoms with Crippen molar-refractivity contribution in [3.8, 4) is 17.0 Å². The van der Waals surface area contributed by atoms with E-state index in [9.17, 15) is 9.18 Å². The third-order valence-electron chi connectivity index (χ3n) is 3.08. The molecule has 23 heavy (non-hydrogen) atoms. The van der Waals surface area contributed by atoms with E-state index in [2.05, 4.69) is 33.1 Å². The maximum absolute atomic E-state index is 13.6. The van der Waals surface area contributed by atoms with E-state index in [4.69, 9.17) is 9.63 Å². The van der Waals surface area contributed by atoms with E-state index in [1.54, 1.807) is 6.07 Å². The predicted molar refractivity (Wildman–Crippen MR) is 90.7 cm³/mol. The molecule has 1 amide bonds. The summed E-state index contributed by atoms with van der Waals surface area (Å²) in [6.45, 7) is 0. The van der Waals surface area contributed by atoms with Crippen molar-refractivity contribution in [2.45, 2.75) is 0 Å². The minimum absolute atomic E-state index is 0.107. The van der Waals surface area contributed by atoms with E-state index in [1.807, 2.05) is 24.3 Å². The van der Waals surface area contributed by atoms with Crippen LogP contribution in [0.3, 0.4) is 0 Å². The van der Waals surface area contributed by atoms with E-state index in [0.717, 1.165) is 15.2 Å². The molecule has 5 nitrogen and oxygen atoms in total. The van der Waals surface area contributed by atoms with Crippen molar-refractivity contribution >= 4 is 34.4 Å². The van der Waals surface area contributed by atoms with Gasteiger partial charge in [-0.25, -0.2) is 4.39 Å². The Balaban J connectivity index is 1.78. The van der Waals surface area contributed by atoms with Gasteiger partial charge in [0.2, 0.25) is 5.88 Å². The van der Waals surface area contributed by atoms with Gasteiger partial charge in [-0.3, -0.25) is 10.1 Å². The number of anilines is 1. The number of aromatic nitrogens is 1. The van der Waals surface area contributed by atoms with Crippen molar-refractivity contribution in [3.05, 3.63) is 63.5 Å². The van der Waals surface area contributed by atoms with Gasteiger partial charge in [0.05, 0.1) is 5.56 Å². The van der Waals surface area contributed by atoms with Crippen molar-refractivity contribution in [3.63, 3.8) is 0 Å². The van der Waals surface area contributed by atoms with Crippen LogP contribution in [0.25, 0.3) is 11.3 Å². The van der Waals surface area contributed by atoms with Gasteiger partial charge in [-0.15, -0.1) is 0 Å². The molecule has 2 N–H and O–H groups in total. The fourth-order valence-corrected chi connectivity index (χ4v) is 2.32. The Morgan fingerprint density at radius 1 is 1.17 bits per heavy atom. The molecule has 2 aromatic carbocycles. The fraction of sp³-hybridized carbons (Fsp3) is 0. The molecule has 0 aliphatic heterocycles. The van der Waals surface area contributed by atoms with E-state index in [1.165, 1.54) is 12.1 Å². The lowest BCUT2D eigenvalue weighted by atomic mass is 10.1. The molecule has 0 aliphatic carbocycles. The number of rotatable bonds is 3. The fourth-order valence-electron chi connectivity index (χ4n) is 1.96. The third-order valence-corrected chi connectivity index (χ3v) is 3.80. The normalized spacial score (nSPS) is 10.5. The van der Waals surface area contributed by atoms with Gasteiger partial charge in [0.1, 0.15) is 17.3 Å². The van der Waals surface area contributed by atoms with Gasteiger partial charge in [-0.2, -0.15) is 0 Å². The Labute approximate surface area is 144 Å². The van der Waals surface area contributed by atoms with Gasteiger partial charge in [-0.1, -0.05) is 17.3 Å². The molecular weight excluding hydrogens is 414 g/mol. The van der Waals surface area contributed by atoms with Gasteiger partial charge < -0.3 is 9.63 Å². The van der Waals surface area contributed by atoms with Crippen LogP contribution in [0.4, 0.5) is 10.3 Å². The van der Waals surface area contributed by atoms with E-state index < -0.39 is 11.7 Å². The summed E-state index contributed by atoms with van der Waals surface area (Å²) in [5, 5.41) is 15.5. The van der Waals surface area contributed by atoms with Crippen LogP contribution in [0.2, 0.25) is 0 Å². The summed E-state index contributed by atoms with van der Waals surface area (Å²) in [6.07, 6.45) is 0. The first-order valence-corrected chi connectivity index (χ1v) is 7.63. The van der Waals surface area contributed by atoms with Crippen molar-refractivity contribution in [1.29, 1.82) is 0 Å². The number of hydrogen-bond acceptors (Lipinski definition) is 4. The Morgan fingerprint density at radius 2 is 1.91 bits per heavy atom. The lowest BCUT2D eigenvalue weighted by Crippen LogP contribution is -2.13. The molecule has 0 atom stereocenters. The average molecular weight is 424 g/mol. The number of amides is 1. The molecule has 3 rings (SSSR count). The highest BCUT2D eigenvalue weighted by atomic mass is 127. The van der Waals surface area contributed by atoms with Crippen LogP contribution < -0.4 is 5.32 Å². The summed E-state index contributed by atoms with van der Waals surface area (Å²) in [4.78, 5) is 12.0. The minimum atomic E-state index is -0.820. The summed E-state index contributed by atoms with van der Waals surface area (Å²) in [5.41, 5.74) is 1.20. The molecule has 0 fully saturated rings. The third kappa shape index (κ3) is 3.50. The Hall–Kier alpha value is -2.42. The zero-order valence-corrected chi connectivity index (χ0v) is 13.7. The van der Waals surface area contributed by atoms with Crippen LogP contribution in [0, 0.1) is 9.39 Å². The first-order valence-electron chi connectivity index (χ1n) is 6.55. The van der Waals surface area contributed by atoms with Crippen molar-refractivity contribution < 1.29 is 18.8 Å². The molecular formula is C16H10FIN2O3. The first-order chi connectivity index (χ1) is 11.0. The number of halogens is 2. The second-order valence-corrected chi connectivity index (χ2v) is 5.95. The quantitative estimate of drug-likeness (QED) is 0.623. The first kappa shape index (κ1) is 15.5. The Morgan fingerprint density at radius 3 is 2.61 bits per heavy atom. The van der Waals surface area contributed by atoms with Gasteiger partial charge >= 0.3 is 0 Å². The largest absolute Gasteiger partial charge is 0.508 e. The molecule has 0 aliphatic rings. The van der Waals surface area contributed by atoms with Crippen LogP contribution >= 0.6 is 22.6 Å². The van der Waals surface area contributed by atoms with Crippen molar-refractivity contribution in [2.75, 3.05) is 5.32 Å². The second kappa shape index (κ2) is 6.37. The minimum Gasteiger partial charge on any atom is -0.508 e. The molecule has 0 saturated heterocycles. The molecule has 1 aromatic heterocycles. The lowest BCUT2D eigenvalue weighted by molar-refractivity contribution is 0.102. The monoisotopic (exact) mass is 424 g/mol. The number of phenolic OH excluding ortho intramolecular Hbond substituents is 1. The molecule has 1 heterocycles. The molecule has 7 heteroatoms. The number of phenols is 1. The van der Waals surface area contributed by atoms with Crippen molar-refractivity contribution in [2.24, 2.45) is 0 Å². The summed E-state index contributed by atoms with van der Waals surface area (Å²) < 4.78 is 19.8. The van der Waals surface area contributed by atoms with Gasteiger partial charge in [-0.05, 0) is 46.9 Å². The zero-order valence-electron chi connectivity index (χ0n) is 11.6. The molecule has 0 saturated carbocycles. The molecule has 0 bridgehead atoms. The summed E-state index contributed by atoms with van der Waals surface area (Å²) in [6, 6.07) is 12.5. The lowest BCUT2D eigenvalue weighted by Gasteiger charge is -2.02. The van der Waals surface area contributed by atoms with E-state index in [-0.39, 0.29) is 17.2 Å². The van der Waals surface area contributed by atoms with Crippen LogP contribution in [0.1, 0.15) is 10.4 Å². The summed E-state index contributed by atoms with van der Waals surface area (Å²) in [7, 11) is 0. The van der Waals surface area contributed by atoms with Crippen LogP contribution in [0.5, 0.6) is 5.75 Å². The average Bonchev–Trinajstić information content (AvgIpc) is 2.96. The molecule has 0 radical (unpaired) electrons. The standard InChI is InChI=1S/C16H10FIN2O3/c17-13-7-11(21)5-6-12(13)16(22)19-15-8-14(20-23-15)9-1-3-10(18)4-2-9/h1-8,21H,(H,19,22). The van der Waals surface area contributed by atoms with E-state index >= 15 is 0 Å². The summed E-state index contributed by atoms with van der Waals surface area (Å²) in [5.74, 6) is -1.65. The highest BCUT2D eigenvalue weighted by Crippen LogP contribution is 2.23. The van der Waals surface area contributed by atoms with Crippen LogP contribution in [-0.2, 0) is 0 Å². The Kier molecular flexibility index (Phi) is 4.28. The SMILES string of the molecule is O=C(Nc1cc(-c2ccc(I)cc2)no1)c1ccc(O)cc1F. The highest BCUT2D eigenvalue weighted by Gasteiger charge is 2.15. The van der Waals surface area contributed by atoms with Gasteiger partial charge in [0.15, 0.2) is 0 Å². The number of carbonyl (C=O) groups is 1. The number of benzene rings is 2. The van der Waals surface area contributed by atoms with E-state index in [0.29, 0.717) is 5.69 Å². The van der Waals surface area contributed by atoms with Crippen LogP contribution in [-0.4, -0.2) is 16.2 Å². The molecule has 3 aromatic rings. The number of aromatic hydroxyl groups is 1. The number of hydrogen-bond donors (Lipinski definition) is 2. The highest BCUT2D eigenvalue weighted by molar-refractivity contribution is 14.1. The topological polar surface area (TPSA) is 75.4 Å². The summed E-state index contributed by atoms with van der Waals surface area (Å²) >= 11 is 2.19. The second-order valence-electron chi connectivity index (χ2n) is 4.70. The molecule has 0 unspecified atom stereocenters. The molecule has 116 valence electrons. The number of carbonyl (C=O) groups excluding carboxylic acids is 1. The van der Waals surface area contributed by atoms with Gasteiger partial charge in [0.25, 0.3) is 5.91 Å². The maximum Gasteiger partial charge on any atom is 0.261 e. The van der Waals surface area contributed by atoms with Crippen LogP contribution in [0.15, 0.2) is 53.1 Å². The van der Waals surface area contributed by atoms with Crippen molar-refractivity contribution in [1.82, 2.24) is 5.16 Å². The predicted octanol–water partition coefficient (Wildman–Crippen LogP) is 4.04. The smallest absolute Gasteiger partial charge is 0.261 e. The zero-order chi connectivity index (χ0) is 16.4. The maximum atomic E-state index is 13.6. The number of nitrogens with zero attached hydrogens (tertiary/aromatic N) is 1. The van der Waals surface area contributed by atoms with Gasteiger partial charge in [0, 0.05) is 21.3 Å². The number of nitrogens with one attached hydrogen (secondary N) is 1. The molecule has 0 spiro atoms.